The number of hydrogen-bond donors (Lipinski definition) is 1. The van der Waals surface area contributed by atoms with Crippen molar-refractivity contribution in [1.29, 1.82) is 0 Å². The van der Waals surface area contributed by atoms with Crippen LogP contribution in [0.25, 0.3) is 5.57 Å². The Balaban J connectivity index is 2.09. The molecule has 24 heavy (non-hydrogen) atoms. The van der Waals surface area contributed by atoms with Gasteiger partial charge in [0.15, 0.2) is 0 Å². The molecule has 1 aliphatic carbocycles. The molecular weight excluding hydrogens is 344 g/mol. The number of aliphatic hydroxyl groups is 1. The van der Waals surface area contributed by atoms with Crippen molar-refractivity contribution >= 4 is 50.3 Å². The van der Waals surface area contributed by atoms with Gasteiger partial charge in [-0.15, -0.1) is 11.3 Å². The van der Waals surface area contributed by atoms with E-state index >= 15 is 0 Å². The van der Waals surface area contributed by atoms with Crippen molar-refractivity contribution in [3.63, 3.8) is 0 Å². The van der Waals surface area contributed by atoms with Crippen molar-refractivity contribution in [2.24, 2.45) is 0 Å². The summed E-state index contributed by atoms with van der Waals surface area (Å²) in [6.07, 6.45) is 3.63. The lowest BCUT2D eigenvalue weighted by Gasteiger charge is -2.07. The van der Waals surface area contributed by atoms with Crippen LogP contribution in [-0.2, 0) is 9.59 Å². The highest BCUT2D eigenvalue weighted by Gasteiger charge is 2.40. The second kappa shape index (κ2) is 6.07. The quantitative estimate of drug-likeness (QED) is 0.498. The number of thioether (sulfide) groups is 1. The van der Waals surface area contributed by atoms with Gasteiger partial charge in [0.25, 0.3) is 0 Å². The second-order valence-electron chi connectivity index (χ2n) is 5.82. The molecular formula is C17H17N2O3S2+. The minimum Gasteiger partial charge on any atom is -0.506 e. The van der Waals surface area contributed by atoms with Crippen LogP contribution in [-0.4, -0.2) is 54.5 Å². The average Bonchev–Trinajstić information content (AvgIpc) is 3.20. The Bertz CT molecular complexity index is 881. The van der Waals surface area contributed by atoms with Crippen molar-refractivity contribution in [2.45, 2.75) is 0 Å². The van der Waals surface area contributed by atoms with Gasteiger partial charge in [-0.25, -0.2) is 4.58 Å². The molecule has 1 aromatic heterocycles. The van der Waals surface area contributed by atoms with E-state index in [0.29, 0.717) is 9.78 Å². The molecule has 2 aliphatic rings. The van der Waals surface area contributed by atoms with E-state index in [1.807, 2.05) is 49.8 Å². The topological polar surface area (TPSA) is 60.6 Å². The molecule has 0 unspecified atom stereocenters. The Labute approximate surface area is 148 Å². The van der Waals surface area contributed by atoms with E-state index in [0.717, 1.165) is 10.0 Å². The minimum atomic E-state index is -0.644. The number of rotatable bonds is 2. The lowest BCUT2D eigenvalue weighted by molar-refractivity contribution is -0.460. The maximum absolute atomic E-state index is 12.4. The number of hydrogen-bond acceptors (Lipinski definition) is 6. The third-order valence-electron chi connectivity index (χ3n) is 3.69. The smallest absolute Gasteiger partial charge is 0.239 e. The van der Waals surface area contributed by atoms with E-state index in [4.69, 9.17) is 0 Å². The highest BCUT2D eigenvalue weighted by Crippen LogP contribution is 2.41. The molecule has 124 valence electrons. The molecule has 1 aliphatic heterocycles. The molecule has 0 saturated heterocycles. The predicted octanol–water partition coefficient (Wildman–Crippen LogP) is 2.46. The number of allylic oxidation sites excluding steroid dienone is 3. The van der Waals surface area contributed by atoms with E-state index in [1.54, 1.807) is 12.1 Å². The number of aliphatic hydroxyl groups excluding tert-OH is 1. The monoisotopic (exact) mass is 361 g/mol. The van der Waals surface area contributed by atoms with Crippen LogP contribution in [0.2, 0.25) is 0 Å². The first-order valence-electron chi connectivity index (χ1n) is 7.26. The summed E-state index contributed by atoms with van der Waals surface area (Å²) in [6.45, 7) is 0. The van der Waals surface area contributed by atoms with Crippen LogP contribution in [0.1, 0.15) is 4.88 Å². The molecule has 0 atom stereocenters. The van der Waals surface area contributed by atoms with Crippen LogP contribution in [0.5, 0.6) is 0 Å². The fourth-order valence-corrected chi connectivity index (χ4v) is 4.37. The first-order valence-corrected chi connectivity index (χ1v) is 8.89. The van der Waals surface area contributed by atoms with Crippen molar-refractivity contribution < 1.29 is 19.3 Å². The molecule has 7 heteroatoms. The van der Waals surface area contributed by atoms with Crippen molar-refractivity contribution in [3.8, 4) is 0 Å². The molecule has 0 aromatic carbocycles. The molecule has 1 N–H and O–H groups in total. The Kier molecular flexibility index (Phi) is 4.23. The largest absolute Gasteiger partial charge is 0.506 e. The van der Waals surface area contributed by atoms with Gasteiger partial charge in [-0.05, 0) is 30.0 Å². The number of nitrogens with zero attached hydrogens (tertiary/aromatic N) is 2. The number of carbonyl (C=O) groups is 2. The van der Waals surface area contributed by atoms with Crippen molar-refractivity contribution in [2.75, 3.05) is 33.1 Å². The average molecular weight is 361 g/mol. The summed E-state index contributed by atoms with van der Waals surface area (Å²) >= 11 is 2.74. The van der Waals surface area contributed by atoms with Crippen LogP contribution in [0, 0.1) is 0 Å². The molecule has 1 aromatic rings. The van der Waals surface area contributed by atoms with E-state index in [1.165, 1.54) is 23.1 Å². The van der Waals surface area contributed by atoms with E-state index in [2.05, 4.69) is 0 Å². The summed E-state index contributed by atoms with van der Waals surface area (Å²) in [5.41, 5.74) is 0.209. The van der Waals surface area contributed by atoms with Gasteiger partial charge >= 0.3 is 0 Å². The zero-order chi connectivity index (χ0) is 17.6. The fraction of sp³-hybridized carbons (Fsp3) is 0.235. The zero-order valence-corrected chi connectivity index (χ0v) is 15.4. The van der Waals surface area contributed by atoms with Gasteiger partial charge < -0.3 is 10.0 Å². The Hall–Kier alpha value is -2.12. The molecule has 2 heterocycles. The van der Waals surface area contributed by atoms with Crippen LogP contribution in [0.3, 0.4) is 0 Å². The molecule has 0 amide bonds. The summed E-state index contributed by atoms with van der Waals surface area (Å²) < 4.78 is 1.92. The van der Waals surface area contributed by atoms with Gasteiger partial charge in [-0.3, -0.25) is 9.59 Å². The third kappa shape index (κ3) is 2.63. The highest BCUT2D eigenvalue weighted by atomic mass is 32.2. The van der Waals surface area contributed by atoms with Gasteiger partial charge in [-0.1, -0.05) is 0 Å². The molecule has 0 spiro atoms. The van der Waals surface area contributed by atoms with Gasteiger partial charge in [0.1, 0.15) is 19.9 Å². The van der Waals surface area contributed by atoms with Crippen LogP contribution >= 0.6 is 23.1 Å². The first-order chi connectivity index (χ1) is 11.3. The Morgan fingerprint density at radius 1 is 1.04 bits per heavy atom. The lowest BCUT2D eigenvalue weighted by Crippen LogP contribution is -2.10. The third-order valence-corrected chi connectivity index (χ3v) is 6.23. The van der Waals surface area contributed by atoms with E-state index < -0.39 is 11.6 Å². The highest BCUT2D eigenvalue weighted by molar-refractivity contribution is 8.18. The normalized spacial score (nSPS) is 20.6. The number of carbonyl (C=O) groups excluding carboxylic acids is 2. The Morgan fingerprint density at radius 3 is 2.25 bits per heavy atom. The number of anilines is 1. The maximum Gasteiger partial charge on any atom is 0.239 e. The zero-order valence-electron chi connectivity index (χ0n) is 13.8. The summed E-state index contributed by atoms with van der Waals surface area (Å²) in [5.74, 6) is -1.51. The van der Waals surface area contributed by atoms with Crippen molar-refractivity contribution in [1.82, 2.24) is 0 Å². The van der Waals surface area contributed by atoms with Gasteiger partial charge in [-0.2, -0.15) is 0 Å². The fourth-order valence-electron chi connectivity index (χ4n) is 2.43. The number of Topliss-reactive ketones (excluding diaryl/α,β-unsaturated/α-hetero) is 2. The second-order valence-corrected chi connectivity index (χ2v) is 7.95. The molecule has 5 nitrogen and oxygen atoms in total. The summed E-state index contributed by atoms with van der Waals surface area (Å²) in [4.78, 5) is 28.0. The first kappa shape index (κ1) is 16.7. The van der Waals surface area contributed by atoms with Crippen molar-refractivity contribution in [3.05, 3.63) is 45.4 Å². The van der Waals surface area contributed by atoms with Crippen LogP contribution in [0.15, 0.2) is 40.5 Å². The number of thiophene rings is 1. The maximum atomic E-state index is 12.4. The predicted molar refractivity (Wildman–Crippen MR) is 99.1 cm³/mol. The molecule has 0 bridgehead atoms. The van der Waals surface area contributed by atoms with Crippen LogP contribution < -0.4 is 4.90 Å². The summed E-state index contributed by atoms with van der Waals surface area (Å²) in [5, 5.41) is 12.5. The number of ketones is 2. The van der Waals surface area contributed by atoms with Crippen LogP contribution in [0.4, 0.5) is 5.00 Å². The summed E-state index contributed by atoms with van der Waals surface area (Å²) in [6, 6.07) is 3.63. The molecule has 0 radical (unpaired) electrons. The standard InChI is InChI=1S/C17H16N2O3S2/c1-18(2)11-7-5-9(23-11)13-15(20)14(17(22)16(13)21)10-6-8-12(24-10)19(3)4/h5-8H,1-4H3/p+1. The minimum absolute atomic E-state index is 0.105. The molecule has 3 rings (SSSR count). The SMILES string of the molecule is CN(C)c1ccc(C2=C(O)/C(=C3\C=CC(=[N+](C)C)S3)C(=O)C2=O)s1. The van der Waals surface area contributed by atoms with E-state index in [-0.39, 0.29) is 16.9 Å². The van der Waals surface area contributed by atoms with Gasteiger partial charge in [0.05, 0.1) is 16.1 Å². The van der Waals surface area contributed by atoms with Gasteiger partial charge in [0.2, 0.25) is 16.6 Å². The molecule has 0 saturated carbocycles. The van der Waals surface area contributed by atoms with Gasteiger partial charge in [0, 0.05) is 30.0 Å². The Morgan fingerprint density at radius 2 is 1.71 bits per heavy atom. The molecule has 0 fully saturated rings. The van der Waals surface area contributed by atoms with E-state index in [9.17, 15) is 14.7 Å². The lowest BCUT2D eigenvalue weighted by atomic mass is 10.1. The summed E-state index contributed by atoms with van der Waals surface area (Å²) in [7, 11) is 7.60.